The molecule has 5 heterocycles. The van der Waals surface area contributed by atoms with Crippen LogP contribution in [0.4, 0.5) is 0 Å². The Kier molecular flexibility index (Phi) is 7.02. The number of carbonyl (C=O) groups excluding carboxylic acids is 2. The Bertz CT molecular complexity index is 1690. The number of rotatable bonds is 5. The summed E-state index contributed by atoms with van der Waals surface area (Å²) in [5, 5.41) is 0. The predicted octanol–water partition coefficient (Wildman–Crippen LogP) is 7.23. The lowest BCUT2D eigenvalue weighted by atomic mass is 9.86. The van der Waals surface area contributed by atoms with E-state index in [9.17, 15) is 9.59 Å². The monoisotopic (exact) mass is 524 g/mol. The van der Waals surface area contributed by atoms with Crippen LogP contribution in [0.3, 0.4) is 0 Å². The SMILES string of the molecule is CCC1=C(C)c2cc3[nH]c(cc4nc(c(C)c5cc(C)c(cc1n2)[nH]5)C(CCC(=O)OC)C4C)c(C)c3C=O. The van der Waals surface area contributed by atoms with E-state index in [2.05, 4.69) is 62.8 Å². The van der Waals surface area contributed by atoms with Crippen molar-refractivity contribution in [3.63, 3.8) is 0 Å². The molecule has 2 unspecified atom stereocenters. The summed E-state index contributed by atoms with van der Waals surface area (Å²) in [6.07, 6.45) is 2.73. The van der Waals surface area contributed by atoms with E-state index in [4.69, 9.17) is 14.7 Å². The number of ether oxygens (including phenoxy) is 1. The fourth-order valence-corrected chi connectivity index (χ4v) is 5.94. The fraction of sp³-hybridized carbons (Fsp3) is 0.375. The van der Waals surface area contributed by atoms with Gasteiger partial charge in [-0.1, -0.05) is 13.8 Å². The Morgan fingerprint density at radius 3 is 2.33 bits per heavy atom. The van der Waals surface area contributed by atoms with Gasteiger partial charge in [-0.3, -0.25) is 14.6 Å². The number of aromatic amines is 2. The van der Waals surface area contributed by atoms with E-state index in [-0.39, 0.29) is 17.8 Å². The Morgan fingerprint density at radius 2 is 1.64 bits per heavy atom. The Balaban J connectivity index is 1.88. The van der Waals surface area contributed by atoms with E-state index >= 15 is 0 Å². The summed E-state index contributed by atoms with van der Waals surface area (Å²) in [4.78, 5) is 41.5. The molecular formula is C32H36N4O3. The van der Waals surface area contributed by atoms with Crippen LogP contribution < -0.4 is 0 Å². The minimum absolute atomic E-state index is 0.0575. The summed E-state index contributed by atoms with van der Waals surface area (Å²) in [6.45, 7) is 12.5. The average molecular weight is 525 g/mol. The molecule has 8 bridgehead atoms. The number of aryl methyl sites for hydroxylation is 3. The second kappa shape index (κ2) is 10.3. The van der Waals surface area contributed by atoms with Crippen LogP contribution in [0.25, 0.3) is 33.2 Å². The van der Waals surface area contributed by atoms with Gasteiger partial charge in [-0.15, -0.1) is 0 Å². The van der Waals surface area contributed by atoms with Crippen LogP contribution in [0.5, 0.6) is 0 Å². The number of nitrogens with zero attached hydrogens (tertiary/aromatic N) is 2. The molecule has 0 saturated heterocycles. The second-order valence-electron chi connectivity index (χ2n) is 10.7. The van der Waals surface area contributed by atoms with Gasteiger partial charge in [0, 0.05) is 51.8 Å². The van der Waals surface area contributed by atoms with Gasteiger partial charge in [-0.05, 0) is 92.6 Å². The number of hydrogen-bond donors (Lipinski definition) is 2. The Morgan fingerprint density at radius 1 is 0.949 bits per heavy atom. The predicted molar refractivity (Wildman–Crippen MR) is 156 cm³/mol. The first-order chi connectivity index (χ1) is 18.7. The highest BCUT2D eigenvalue weighted by atomic mass is 16.5. The lowest BCUT2D eigenvalue weighted by Gasteiger charge is -2.16. The molecule has 2 aliphatic heterocycles. The van der Waals surface area contributed by atoms with Crippen LogP contribution in [0.1, 0.15) is 102 Å². The number of allylic oxidation sites excluding steroid dienone is 2. The molecule has 3 aromatic heterocycles. The van der Waals surface area contributed by atoms with Crippen molar-refractivity contribution in [1.29, 1.82) is 0 Å². The largest absolute Gasteiger partial charge is 0.469 e. The molecule has 0 amide bonds. The summed E-state index contributed by atoms with van der Waals surface area (Å²) < 4.78 is 4.94. The van der Waals surface area contributed by atoms with E-state index in [0.717, 1.165) is 79.8 Å². The van der Waals surface area contributed by atoms with Gasteiger partial charge < -0.3 is 14.7 Å². The van der Waals surface area contributed by atoms with Crippen LogP contribution >= 0.6 is 0 Å². The zero-order valence-electron chi connectivity index (χ0n) is 23.8. The number of nitrogens with one attached hydrogen (secondary N) is 2. The zero-order valence-corrected chi connectivity index (χ0v) is 23.8. The van der Waals surface area contributed by atoms with Gasteiger partial charge in [0.15, 0.2) is 6.29 Å². The zero-order chi connectivity index (χ0) is 28.0. The van der Waals surface area contributed by atoms with Gasteiger partial charge in [0.25, 0.3) is 0 Å². The number of methoxy groups -OCH3 is 1. The molecular weight excluding hydrogens is 488 g/mol. The highest BCUT2D eigenvalue weighted by molar-refractivity contribution is 5.96. The Hall–Kier alpha value is -4.00. The quantitative estimate of drug-likeness (QED) is 0.271. The van der Waals surface area contributed by atoms with Crippen molar-refractivity contribution in [3.8, 4) is 0 Å². The molecule has 3 aromatic rings. The fourth-order valence-electron chi connectivity index (χ4n) is 5.94. The van der Waals surface area contributed by atoms with Crippen molar-refractivity contribution in [2.24, 2.45) is 0 Å². The molecule has 202 valence electrons. The summed E-state index contributed by atoms with van der Waals surface area (Å²) in [7, 11) is 1.42. The second-order valence-corrected chi connectivity index (χ2v) is 10.7. The molecule has 0 saturated carbocycles. The van der Waals surface area contributed by atoms with E-state index in [1.807, 2.05) is 13.0 Å². The van der Waals surface area contributed by atoms with E-state index in [1.165, 1.54) is 12.7 Å². The molecule has 0 radical (unpaired) electrons. The minimum atomic E-state index is -0.220. The highest BCUT2D eigenvalue weighted by Crippen LogP contribution is 2.42. The number of H-pyrrole nitrogens is 2. The molecule has 5 rings (SSSR count). The molecule has 0 fully saturated rings. The molecule has 7 nitrogen and oxygen atoms in total. The van der Waals surface area contributed by atoms with Crippen molar-refractivity contribution in [1.82, 2.24) is 19.9 Å². The van der Waals surface area contributed by atoms with Crippen LogP contribution in [-0.2, 0) is 9.53 Å². The van der Waals surface area contributed by atoms with Crippen molar-refractivity contribution in [2.45, 2.75) is 72.6 Å². The molecule has 7 heteroatoms. The van der Waals surface area contributed by atoms with Crippen molar-refractivity contribution in [3.05, 3.63) is 69.3 Å². The van der Waals surface area contributed by atoms with E-state index in [0.29, 0.717) is 18.4 Å². The number of aromatic nitrogens is 4. The molecule has 0 aliphatic carbocycles. The summed E-state index contributed by atoms with van der Waals surface area (Å²) >= 11 is 0. The van der Waals surface area contributed by atoms with Gasteiger partial charge >= 0.3 is 5.97 Å². The Labute approximate surface area is 228 Å². The number of esters is 1. The van der Waals surface area contributed by atoms with E-state index in [1.54, 1.807) is 0 Å². The highest BCUT2D eigenvalue weighted by Gasteiger charge is 2.31. The van der Waals surface area contributed by atoms with Gasteiger partial charge in [-0.2, -0.15) is 0 Å². The smallest absolute Gasteiger partial charge is 0.305 e. The van der Waals surface area contributed by atoms with Crippen LogP contribution in [0.15, 0.2) is 24.3 Å². The molecule has 0 aromatic carbocycles. The lowest BCUT2D eigenvalue weighted by Crippen LogP contribution is -2.08. The number of hydrogen-bond acceptors (Lipinski definition) is 5. The topological polar surface area (TPSA) is 101 Å². The first-order valence-corrected chi connectivity index (χ1v) is 13.6. The molecule has 2 N–H and O–H groups in total. The number of aldehydes is 1. The summed E-state index contributed by atoms with van der Waals surface area (Å²) in [5.41, 5.74) is 13.3. The van der Waals surface area contributed by atoms with Crippen LogP contribution in [0, 0.1) is 20.8 Å². The van der Waals surface area contributed by atoms with Gasteiger partial charge in [-0.25, -0.2) is 4.98 Å². The van der Waals surface area contributed by atoms with Crippen molar-refractivity contribution >= 4 is 45.5 Å². The maximum Gasteiger partial charge on any atom is 0.305 e. The third-order valence-electron chi connectivity index (χ3n) is 8.48. The van der Waals surface area contributed by atoms with Crippen LogP contribution in [-0.4, -0.2) is 39.3 Å². The average Bonchev–Trinajstić information content (AvgIpc) is 3.61. The molecule has 2 atom stereocenters. The maximum absolute atomic E-state index is 12.2. The molecule has 2 aliphatic rings. The summed E-state index contributed by atoms with van der Waals surface area (Å²) in [5.74, 6) is -0.0791. The minimum Gasteiger partial charge on any atom is -0.469 e. The first-order valence-electron chi connectivity index (χ1n) is 13.6. The molecule has 0 spiro atoms. The van der Waals surface area contributed by atoms with Gasteiger partial charge in [0.1, 0.15) is 0 Å². The third-order valence-corrected chi connectivity index (χ3v) is 8.48. The number of fused-ring (bicyclic) bond motifs is 8. The van der Waals surface area contributed by atoms with E-state index < -0.39 is 0 Å². The summed E-state index contributed by atoms with van der Waals surface area (Å²) in [6, 6.07) is 8.31. The van der Waals surface area contributed by atoms with Gasteiger partial charge in [0.05, 0.1) is 24.0 Å². The standard InChI is InChI=1S/C32H36N4O3/c1-8-21-17(3)27-14-30-23(15-37)19(5)26(35-30)13-28-18(4)22(9-10-31(38)39-7)32(36-28)20(6)25-11-16(2)24(33-25)12-29(21)34-27/h11-15,18,22,33,35H,8-10H2,1-7H3. The van der Waals surface area contributed by atoms with Crippen LogP contribution in [0.2, 0.25) is 0 Å². The normalized spacial score (nSPS) is 17.0. The third kappa shape index (κ3) is 4.60. The van der Waals surface area contributed by atoms with Crippen molar-refractivity contribution < 1.29 is 14.3 Å². The lowest BCUT2D eigenvalue weighted by molar-refractivity contribution is -0.140. The molecule has 39 heavy (non-hydrogen) atoms. The van der Waals surface area contributed by atoms with Crippen molar-refractivity contribution in [2.75, 3.05) is 7.11 Å². The van der Waals surface area contributed by atoms with Gasteiger partial charge in [0.2, 0.25) is 0 Å². The first kappa shape index (κ1) is 26.6. The number of carbonyl (C=O) groups is 2. The maximum atomic E-state index is 12.2.